The van der Waals surface area contributed by atoms with E-state index in [9.17, 15) is 9.59 Å². The topological polar surface area (TPSA) is 58.2 Å². The molecule has 1 aliphatic rings. The van der Waals surface area contributed by atoms with Crippen molar-refractivity contribution in [3.8, 4) is 0 Å². The lowest BCUT2D eigenvalue weighted by atomic mass is 10.2. The third-order valence-corrected chi connectivity index (χ3v) is 1.71. The van der Waals surface area contributed by atoms with Crippen LogP contribution in [-0.2, 0) is 9.59 Å². The van der Waals surface area contributed by atoms with Crippen LogP contribution in [0.15, 0.2) is 0 Å². The Hall–Kier alpha value is -1.06. The van der Waals surface area contributed by atoms with E-state index in [0.29, 0.717) is 19.4 Å². The van der Waals surface area contributed by atoms with Crippen molar-refractivity contribution in [2.45, 2.75) is 25.8 Å². The molecule has 62 valence electrons. The van der Waals surface area contributed by atoms with Crippen LogP contribution in [-0.4, -0.2) is 24.4 Å². The van der Waals surface area contributed by atoms with Gasteiger partial charge in [-0.3, -0.25) is 9.59 Å². The number of carbonyl (C=O) groups excluding carboxylic acids is 2. The minimum atomic E-state index is -0.289. The van der Waals surface area contributed by atoms with E-state index in [0.717, 1.165) is 0 Å². The van der Waals surface area contributed by atoms with E-state index in [1.807, 2.05) is 0 Å². The fraction of sp³-hybridized carbons (Fsp3) is 0.714. The lowest BCUT2D eigenvalue weighted by Gasteiger charge is -2.07. The molecular weight excluding hydrogens is 144 g/mol. The van der Waals surface area contributed by atoms with E-state index < -0.39 is 0 Å². The Kier molecular flexibility index (Phi) is 2.46. The van der Waals surface area contributed by atoms with Crippen LogP contribution in [0.25, 0.3) is 0 Å². The van der Waals surface area contributed by atoms with Crippen molar-refractivity contribution >= 4 is 11.8 Å². The van der Waals surface area contributed by atoms with Gasteiger partial charge in [-0.05, 0) is 6.42 Å². The molecule has 0 bridgehead atoms. The zero-order chi connectivity index (χ0) is 8.27. The largest absolute Gasteiger partial charge is 0.354 e. The molecule has 1 rings (SSSR count). The van der Waals surface area contributed by atoms with Crippen molar-refractivity contribution in [2.75, 3.05) is 6.54 Å². The average Bonchev–Trinajstić information content (AvgIpc) is 2.37. The number of hydrogen-bond donors (Lipinski definition) is 2. The van der Waals surface area contributed by atoms with Crippen LogP contribution in [0.4, 0.5) is 0 Å². The zero-order valence-corrected chi connectivity index (χ0v) is 6.52. The first-order chi connectivity index (χ1) is 5.24. The predicted octanol–water partition coefficient (Wildman–Crippen LogP) is -0.599. The van der Waals surface area contributed by atoms with Crippen LogP contribution in [0.5, 0.6) is 0 Å². The summed E-state index contributed by atoms with van der Waals surface area (Å²) in [5, 5.41) is 5.27. The highest BCUT2D eigenvalue weighted by molar-refractivity contribution is 5.88. The SMILES string of the molecule is CCC(=O)NC1CCNC1=O. The van der Waals surface area contributed by atoms with Crippen LogP contribution in [0, 0.1) is 0 Å². The van der Waals surface area contributed by atoms with Crippen molar-refractivity contribution < 1.29 is 9.59 Å². The summed E-state index contributed by atoms with van der Waals surface area (Å²) in [5.74, 6) is -0.126. The van der Waals surface area contributed by atoms with E-state index >= 15 is 0 Å². The second-order valence-corrected chi connectivity index (χ2v) is 2.55. The van der Waals surface area contributed by atoms with Crippen molar-refractivity contribution in [3.63, 3.8) is 0 Å². The maximum atomic E-state index is 10.9. The first-order valence-corrected chi connectivity index (χ1v) is 3.81. The van der Waals surface area contributed by atoms with E-state index in [4.69, 9.17) is 0 Å². The molecule has 0 aromatic heterocycles. The lowest BCUT2D eigenvalue weighted by molar-refractivity contribution is -0.127. The minimum Gasteiger partial charge on any atom is -0.354 e. The highest BCUT2D eigenvalue weighted by atomic mass is 16.2. The van der Waals surface area contributed by atoms with Crippen LogP contribution in [0.2, 0.25) is 0 Å². The van der Waals surface area contributed by atoms with Gasteiger partial charge in [-0.1, -0.05) is 6.92 Å². The second kappa shape index (κ2) is 3.37. The summed E-state index contributed by atoms with van der Waals surface area (Å²) < 4.78 is 0. The standard InChI is InChI=1S/C7H12N2O2/c1-2-6(10)9-5-3-4-8-7(5)11/h5H,2-4H2,1H3,(H,8,11)(H,9,10). The van der Waals surface area contributed by atoms with Crippen LogP contribution < -0.4 is 10.6 Å². The molecule has 11 heavy (non-hydrogen) atoms. The maximum Gasteiger partial charge on any atom is 0.242 e. The molecule has 1 heterocycles. The fourth-order valence-corrected chi connectivity index (χ4v) is 1.03. The number of carbonyl (C=O) groups is 2. The highest BCUT2D eigenvalue weighted by Crippen LogP contribution is 1.98. The van der Waals surface area contributed by atoms with Gasteiger partial charge in [-0.25, -0.2) is 0 Å². The van der Waals surface area contributed by atoms with Crippen molar-refractivity contribution in [1.82, 2.24) is 10.6 Å². The molecule has 2 N–H and O–H groups in total. The Balaban J connectivity index is 2.36. The molecule has 0 saturated carbocycles. The molecule has 0 aromatic carbocycles. The Morgan fingerprint density at radius 3 is 3.00 bits per heavy atom. The Morgan fingerprint density at radius 1 is 1.82 bits per heavy atom. The van der Waals surface area contributed by atoms with Gasteiger partial charge in [0.25, 0.3) is 0 Å². The van der Waals surface area contributed by atoms with E-state index in [1.165, 1.54) is 0 Å². The minimum absolute atomic E-state index is 0.0629. The van der Waals surface area contributed by atoms with E-state index in [-0.39, 0.29) is 17.9 Å². The van der Waals surface area contributed by atoms with E-state index in [1.54, 1.807) is 6.92 Å². The molecule has 4 nitrogen and oxygen atoms in total. The monoisotopic (exact) mass is 156 g/mol. The van der Waals surface area contributed by atoms with Crippen molar-refractivity contribution in [3.05, 3.63) is 0 Å². The quantitative estimate of drug-likeness (QED) is 0.561. The molecule has 2 amide bonds. The summed E-state index contributed by atoms with van der Waals surface area (Å²) in [5.41, 5.74) is 0. The molecule has 0 aromatic rings. The molecule has 0 aliphatic carbocycles. The normalized spacial score (nSPS) is 23.0. The number of rotatable bonds is 2. The first kappa shape index (κ1) is 8.04. The van der Waals surface area contributed by atoms with Gasteiger partial charge >= 0.3 is 0 Å². The fourth-order valence-electron chi connectivity index (χ4n) is 1.03. The summed E-state index contributed by atoms with van der Waals surface area (Å²) in [6, 6.07) is -0.289. The molecule has 1 unspecified atom stereocenters. The molecular formula is C7H12N2O2. The van der Waals surface area contributed by atoms with E-state index in [2.05, 4.69) is 10.6 Å². The van der Waals surface area contributed by atoms with Crippen molar-refractivity contribution in [1.29, 1.82) is 0 Å². The summed E-state index contributed by atoms with van der Waals surface area (Å²) in [6.07, 6.45) is 1.15. The molecule has 1 aliphatic heterocycles. The molecule has 4 heteroatoms. The van der Waals surface area contributed by atoms with Gasteiger partial charge in [0.2, 0.25) is 11.8 Å². The molecule has 0 spiro atoms. The van der Waals surface area contributed by atoms with Gasteiger partial charge in [0, 0.05) is 13.0 Å². The maximum absolute atomic E-state index is 10.9. The van der Waals surface area contributed by atoms with Crippen LogP contribution in [0.1, 0.15) is 19.8 Å². The Labute approximate surface area is 65.3 Å². The average molecular weight is 156 g/mol. The Morgan fingerprint density at radius 2 is 2.55 bits per heavy atom. The van der Waals surface area contributed by atoms with Gasteiger partial charge in [-0.2, -0.15) is 0 Å². The third kappa shape index (κ3) is 1.93. The van der Waals surface area contributed by atoms with Gasteiger partial charge in [0.05, 0.1) is 0 Å². The molecule has 1 saturated heterocycles. The lowest BCUT2D eigenvalue weighted by Crippen LogP contribution is -2.39. The van der Waals surface area contributed by atoms with Crippen LogP contribution in [0.3, 0.4) is 0 Å². The van der Waals surface area contributed by atoms with Gasteiger partial charge in [0.1, 0.15) is 6.04 Å². The predicted molar refractivity (Wildman–Crippen MR) is 39.8 cm³/mol. The zero-order valence-electron chi connectivity index (χ0n) is 6.52. The third-order valence-electron chi connectivity index (χ3n) is 1.71. The van der Waals surface area contributed by atoms with Gasteiger partial charge in [-0.15, -0.1) is 0 Å². The smallest absolute Gasteiger partial charge is 0.242 e. The number of amides is 2. The van der Waals surface area contributed by atoms with Crippen molar-refractivity contribution in [2.24, 2.45) is 0 Å². The summed E-state index contributed by atoms with van der Waals surface area (Å²) >= 11 is 0. The summed E-state index contributed by atoms with van der Waals surface area (Å²) in [7, 11) is 0. The highest BCUT2D eigenvalue weighted by Gasteiger charge is 2.24. The summed E-state index contributed by atoms with van der Waals surface area (Å²) in [4.78, 5) is 21.7. The Bertz CT molecular complexity index is 179. The molecule has 1 atom stereocenters. The first-order valence-electron chi connectivity index (χ1n) is 3.81. The number of hydrogen-bond acceptors (Lipinski definition) is 2. The van der Waals surface area contributed by atoms with Gasteiger partial charge in [0.15, 0.2) is 0 Å². The second-order valence-electron chi connectivity index (χ2n) is 2.55. The molecule has 0 radical (unpaired) electrons. The van der Waals surface area contributed by atoms with Gasteiger partial charge < -0.3 is 10.6 Å². The van der Waals surface area contributed by atoms with Crippen LogP contribution >= 0.6 is 0 Å². The molecule has 1 fully saturated rings. The summed E-state index contributed by atoms with van der Waals surface area (Å²) in [6.45, 7) is 2.44. The number of nitrogens with one attached hydrogen (secondary N) is 2.